The monoisotopic (exact) mass is 246 g/mol. The largest absolute Gasteiger partial charge is 0.467 e. The lowest BCUT2D eigenvalue weighted by Gasteiger charge is -2.17. The van der Waals surface area contributed by atoms with Gasteiger partial charge in [-0.15, -0.1) is 0 Å². The van der Waals surface area contributed by atoms with Crippen LogP contribution in [0.2, 0.25) is 0 Å². The lowest BCUT2D eigenvalue weighted by molar-refractivity contribution is 0.507. The van der Waals surface area contributed by atoms with Gasteiger partial charge in [0.15, 0.2) is 0 Å². The van der Waals surface area contributed by atoms with Crippen molar-refractivity contribution in [1.29, 1.82) is 0 Å². The summed E-state index contributed by atoms with van der Waals surface area (Å²) >= 11 is 0. The lowest BCUT2D eigenvalue weighted by atomic mass is 10.4. The number of anilines is 2. The molecule has 0 aliphatic heterocycles. The highest BCUT2D eigenvalue weighted by Crippen LogP contribution is 2.15. The first-order valence-electron chi connectivity index (χ1n) is 6.09. The molecule has 0 unspecified atom stereocenters. The minimum atomic E-state index is 0.692. The normalized spacial score (nSPS) is 10.3. The van der Waals surface area contributed by atoms with Gasteiger partial charge < -0.3 is 14.6 Å². The van der Waals surface area contributed by atoms with Crippen molar-refractivity contribution in [3.63, 3.8) is 0 Å². The highest BCUT2D eigenvalue weighted by Gasteiger charge is 2.06. The van der Waals surface area contributed by atoms with Crippen molar-refractivity contribution < 1.29 is 4.42 Å². The van der Waals surface area contributed by atoms with Gasteiger partial charge in [0.2, 0.25) is 0 Å². The number of hydrogen-bond donors (Lipinski definition) is 1. The number of nitrogens with zero attached hydrogens (tertiary/aromatic N) is 3. The van der Waals surface area contributed by atoms with Crippen LogP contribution in [-0.4, -0.2) is 23.6 Å². The maximum absolute atomic E-state index is 5.32. The second-order valence-electron chi connectivity index (χ2n) is 4.12. The molecule has 18 heavy (non-hydrogen) atoms. The number of furan rings is 1. The van der Waals surface area contributed by atoms with Gasteiger partial charge in [0.1, 0.15) is 23.7 Å². The summed E-state index contributed by atoms with van der Waals surface area (Å²) in [4.78, 5) is 10.5. The van der Waals surface area contributed by atoms with E-state index in [0.717, 1.165) is 30.4 Å². The number of rotatable bonds is 6. The highest BCUT2D eigenvalue weighted by atomic mass is 16.3. The lowest BCUT2D eigenvalue weighted by Crippen LogP contribution is -2.17. The summed E-state index contributed by atoms with van der Waals surface area (Å²) in [5.74, 6) is 2.65. The molecule has 2 aromatic rings. The number of hydrogen-bond acceptors (Lipinski definition) is 5. The quantitative estimate of drug-likeness (QED) is 0.848. The van der Waals surface area contributed by atoms with Crippen LogP contribution in [0.1, 0.15) is 19.1 Å². The topological polar surface area (TPSA) is 54.2 Å². The molecule has 1 N–H and O–H groups in total. The van der Waals surface area contributed by atoms with E-state index < -0.39 is 0 Å². The molecule has 0 saturated heterocycles. The van der Waals surface area contributed by atoms with Gasteiger partial charge in [-0.2, -0.15) is 0 Å². The molecular weight excluding hydrogens is 228 g/mol. The van der Waals surface area contributed by atoms with Gasteiger partial charge >= 0.3 is 0 Å². The van der Waals surface area contributed by atoms with Crippen LogP contribution in [0, 0.1) is 0 Å². The van der Waals surface area contributed by atoms with E-state index in [1.807, 2.05) is 30.1 Å². The summed E-state index contributed by atoms with van der Waals surface area (Å²) in [6.45, 7) is 3.73. The average Bonchev–Trinajstić information content (AvgIpc) is 2.89. The Kier molecular flexibility index (Phi) is 4.17. The van der Waals surface area contributed by atoms with Gasteiger partial charge in [-0.25, -0.2) is 9.97 Å². The van der Waals surface area contributed by atoms with Gasteiger partial charge in [0.25, 0.3) is 0 Å². The second-order valence-corrected chi connectivity index (χ2v) is 4.12. The van der Waals surface area contributed by atoms with Crippen molar-refractivity contribution in [2.24, 2.45) is 0 Å². The van der Waals surface area contributed by atoms with E-state index in [2.05, 4.69) is 22.2 Å². The van der Waals surface area contributed by atoms with Crippen LogP contribution < -0.4 is 10.2 Å². The van der Waals surface area contributed by atoms with Crippen LogP contribution in [-0.2, 0) is 6.54 Å². The molecule has 0 bridgehead atoms. The predicted octanol–water partition coefficient (Wildman–Crippen LogP) is 2.53. The third-order valence-electron chi connectivity index (χ3n) is 2.57. The Balaban J connectivity index is 2.03. The summed E-state index contributed by atoms with van der Waals surface area (Å²) in [6, 6.07) is 5.78. The molecular formula is C13H18N4O. The van der Waals surface area contributed by atoms with E-state index in [4.69, 9.17) is 4.42 Å². The molecule has 2 heterocycles. The zero-order valence-electron chi connectivity index (χ0n) is 10.8. The third-order valence-corrected chi connectivity index (χ3v) is 2.57. The fourth-order valence-electron chi connectivity index (χ4n) is 1.62. The molecule has 0 aliphatic carbocycles. The van der Waals surface area contributed by atoms with E-state index in [0.29, 0.717) is 6.54 Å². The molecule has 5 heteroatoms. The summed E-state index contributed by atoms with van der Waals surface area (Å²) in [6.07, 6.45) is 4.32. The van der Waals surface area contributed by atoms with Crippen molar-refractivity contribution in [2.45, 2.75) is 19.9 Å². The first-order chi connectivity index (χ1) is 8.79. The van der Waals surface area contributed by atoms with E-state index in [1.165, 1.54) is 0 Å². The smallest absolute Gasteiger partial charge is 0.134 e. The van der Waals surface area contributed by atoms with Gasteiger partial charge in [-0.05, 0) is 18.6 Å². The summed E-state index contributed by atoms with van der Waals surface area (Å²) in [5.41, 5.74) is 0. The Morgan fingerprint density at radius 3 is 3.00 bits per heavy atom. The molecule has 0 radical (unpaired) electrons. The zero-order valence-corrected chi connectivity index (χ0v) is 10.8. The zero-order chi connectivity index (χ0) is 12.8. The van der Waals surface area contributed by atoms with Gasteiger partial charge in [0, 0.05) is 19.7 Å². The molecule has 0 aromatic carbocycles. The van der Waals surface area contributed by atoms with E-state index in [-0.39, 0.29) is 0 Å². The summed E-state index contributed by atoms with van der Waals surface area (Å²) in [7, 11) is 1.98. The second kappa shape index (κ2) is 6.05. The Morgan fingerprint density at radius 1 is 1.39 bits per heavy atom. The fourth-order valence-corrected chi connectivity index (χ4v) is 1.62. The molecule has 2 rings (SSSR count). The average molecular weight is 246 g/mol. The Morgan fingerprint density at radius 2 is 2.28 bits per heavy atom. The Bertz CT molecular complexity index is 470. The van der Waals surface area contributed by atoms with E-state index in [1.54, 1.807) is 12.6 Å². The molecule has 2 aromatic heterocycles. The summed E-state index contributed by atoms with van der Waals surface area (Å²) < 4.78 is 5.32. The van der Waals surface area contributed by atoms with Crippen molar-refractivity contribution in [2.75, 3.05) is 23.8 Å². The molecule has 0 saturated carbocycles. The van der Waals surface area contributed by atoms with Crippen LogP contribution in [0.25, 0.3) is 0 Å². The van der Waals surface area contributed by atoms with Crippen LogP contribution in [0.5, 0.6) is 0 Å². The highest BCUT2D eigenvalue weighted by molar-refractivity contribution is 5.47. The predicted molar refractivity (Wildman–Crippen MR) is 71.6 cm³/mol. The van der Waals surface area contributed by atoms with Gasteiger partial charge in [-0.3, -0.25) is 0 Å². The van der Waals surface area contributed by atoms with Crippen LogP contribution in [0.3, 0.4) is 0 Å². The van der Waals surface area contributed by atoms with Crippen molar-refractivity contribution in [3.05, 3.63) is 36.5 Å². The van der Waals surface area contributed by atoms with Gasteiger partial charge in [0.05, 0.1) is 12.8 Å². The maximum Gasteiger partial charge on any atom is 0.134 e. The van der Waals surface area contributed by atoms with Crippen LogP contribution in [0.15, 0.2) is 35.2 Å². The molecule has 5 nitrogen and oxygen atoms in total. The fraction of sp³-hybridized carbons (Fsp3) is 0.385. The van der Waals surface area contributed by atoms with Crippen LogP contribution in [0.4, 0.5) is 11.6 Å². The van der Waals surface area contributed by atoms with Crippen LogP contribution >= 0.6 is 0 Å². The Labute approximate surface area is 107 Å². The number of nitrogens with one attached hydrogen (secondary N) is 1. The molecule has 0 fully saturated rings. The maximum atomic E-state index is 5.32. The Hall–Kier alpha value is -2.04. The van der Waals surface area contributed by atoms with Crippen molar-refractivity contribution in [1.82, 2.24) is 9.97 Å². The standard InChI is InChI=1S/C13H18N4O/c1-3-6-14-12-8-13(16-10-15-12)17(2)9-11-5-4-7-18-11/h4-5,7-8,10H,3,6,9H2,1-2H3,(H,14,15,16). The molecule has 96 valence electrons. The van der Waals surface area contributed by atoms with E-state index in [9.17, 15) is 0 Å². The SMILES string of the molecule is CCCNc1cc(N(C)Cc2ccco2)ncn1. The third kappa shape index (κ3) is 3.23. The molecule has 0 spiro atoms. The minimum absolute atomic E-state index is 0.692. The molecule has 0 amide bonds. The van der Waals surface area contributed by atoms with Crippen molar-refractivity contribution >= 4 is 11.6 Å². The number of aromatic nitrogens is 2. The molecule has 0 atom stereocenters. The first kappa shape index (κ1) is 12.4. The van der Waals surface area contributed by atoms with Gasteiger partial charge in [-0.1, -0.05) is 6.92 Å². The summed E-state index contributed by atoms with van der Waals surface area (Å²) in [5, 5.41) is 3.25. The van der Waals surface area contributed by atoms with E-state index >= 15 is 0 Å². The molecule has 0 aliphatic rings. The minimum Gasteiger partial charge on any atom is -0.467 e. The van der Waals surface area contributed by atoms with Crippen molar-refractivity contribution in [3.8, 4) is 0 Å². The first-order valence-corrected chi connectivity index (χ1v) is 6.09.